The molecule has 4 aromatic rings. The predicted octanol–water partition coefficient (Wildman–Crippen LogP) is 3.84. The number of hydrogen-bond donors (Lipinski definition) is 2. The van der Waals surface area contributed by atoms with Crippen molar-refractivity contribution in [1.29, 1.82) is 0 Å². The maximum Gasteiger partial charge on any atom is 0.271 e. The zero-order valence-electron chi connectivity index (χ0n) is 18.4. The van der Waals surface area contributed by atoms with Crippen molar-refractivity contribution >= 4 is 28.8 Å². The quantitative estimate of drug-likeness (QED) is 0.234. The number of aromatic nitrogens is 2. The first-order valence-electron chi connectivity index (χ1n) is 10.2. The molecule has 0 atom stereocenters. The van der Waals surface area contributed by atoms with Gasteiger partial charge in [-0.25, -0.2) is 10.4 Å². The van der Waals surface area contributed by atoms with Crippen LogP contribution in [0.3, 0.4) is 0 Å². The van der Waals surface area contributed by atoms with Crippen LogP contribution >= 0.6 is 0 Å². The fraction of sp³-hybridized carbons (Fsp3) is 0.125. The SMILES string of the molecule is COc1ccc(Cc2nc3ccc(C(=O)N/N=C\c4ccc([N+](=O)[O-])cc4)cc3[nH]2)cc1OC. The standard InChI is InChI=1S/C24H21N5O5/c1-33-21-10-5-16(11-22(21)34-2)12-23-26-19-9-6-17(13-20(19)27-23)24(30)28-25-14-15-3-7-18(8-4-15)29(31)32/h3-11,13-14H,12H2,1-2H3,(H,26,27)(H,28,30)/b25-14-. The third kappa shape index (κ3) is 5.01. The molecule has 0 aliphatic heterocycles. The van der Waals surface area contributed by atoms with Crippen LogP contribution in [0.1, 0.15) is 27.3 Å². The van der Waals surface area contributed by atoms with Gasteiger partial charge in [0.1, 0.15) is 5.82 Å². The normalized spacial score (nSPS) is 11.0. The molecule has 0 unspecified atom stereocenters. The van der Waals surface area contributed by atoms with Crippen LogP contribution in [-0.2, 0) is 6.42 Å². The van der Waals surface area contributed by atoms with Gasteiger partial charge in [0.2, 0.25) is 0 Å². The summed E-state index contributed by atoms with van der Waals surface area (Å²) in [5.74, 6) is 1.65. The highest BCUT2D eigenvalue weighted by Crippen LogP contribution is 2.28. The number of nitrogens with zero attached hydrogens (tertiary/aromatic N) is 3. The number of nitro benzene ring substituents is 1. The van der Waals surface area contributed by atoms with Crippen LogP contribution in [0.5, 0.6) is 11.5 Å². The summed E-state index contributed by atoms with van der Waals surface area (Å²) in [6.07, 6.45) is 1.97. The second-order valence-electron chi connectivity index (χ2n) is 7.33. The number of aromatic amines is 1. The van der Waals surface area contributed by atoms with Crippen LogP contribution in [0.15, 0.2) is 65.8 Å². The number of H-pyrrole nitrogens is 1. The fourth-order valence-corrected chi connectivity index (χ4v) is 3.38. The first-order chi connectivity index (χ1) is 16.5. The fourth-order valence-electron chi connectivity index (χ4n) is 3.38. The third-order valence-corrected chi connectivity index (χ3v) is 5.10. The number of imidazole rings is 1. The Hall–Kier alpha value is -4.73. The Morgan fingerprint density at radius 3 is 2.56 bits per heavy atom. The van der Waals surface area contributed by atoms with Crippen LogP contribution in [0.2, 0.25) is 0 Å². The van der Waals surface area contributed by atoms with Gasteiger partial charge in [0.25, 0.3) is 11.6 Å². The summed E-state index contributed by atoms with van der Waals surface area (Å²) in [6, 6.07) is 16.6. The number of carbonyl (C=O) groups is 1. The van der Waals surface area contributed by atoms with Gasteiger partial charge >= 0.3 is 0 Å². The Kier molecular flexibility index (Phi) is 6.49. The highest BCUT2D eigenvalue weighted by molar-refractivity contribution is 5.97. The molecule has 172 valence electrons. The molecule has 4 rings (SSSR count). The summed E-state index contributed by atoms with van der Waals surface area (Å²) in [5.41, 5.74) is 5.93. The smallest absolute Gasteiger partial charge is 0.271 e. The zero-order valence-corrected chi connectivity index (χ0v) is 18.4. The molecular formula is C24H21N5O5. The van der Waals surface area contributed by atoms with Gasteiger partial charge < -0.3 is 14.5 Å². The lowest BCUT2D eigenvalue weighted by Gasteiger charge is -2.08. The molecule has 0 fully saturated rings. The largest absolute Gasteiger partial charge is 0.493 e. The van der Waals surface area contributed by atoms with E-state index in [4.69, 9.17) is 9.47 Å². The van der Waals surface area contributed by atoms with Gasteiger partial charge in [0, 0.05) is 24.1 Å². The van der Waals surface area contributed by atoms with Gasteiger partial charge in [0.05, 0.1) is 36.4 Å². The summed E-state index contributed by atoms with van der Waals surface area (Å²) in [5, 5.41) is 14.6. The molecule has 0 spiro atoms. The van der Waals surface area contributed by atoms with Gasteiger partial charge in [-0.1, -0.05) is 6.07 Å². The predicted molar refractivity (Wildman–Crippen MR) is 127 cm³/mol. The average molecular weight is 459 g/mol. The molecular weight excluding hydrogens is 438 g/mol. The maximum atomic E-state index is 12.5. The van der Waals surface area contributed by atoms with E-state index in [-0.39, 0.29) is 5.69 Å². The van der Waals surface area contributed by atoms with Crippen molar-refractivity contribution in [2.75, 3.05) is 14.2 Å². The number of carbonyl (C=O) groups excluding carboxylic acids is 1. The monoisotopic (exact) mass is 459 g/mol. The van der Waals surface area contributed by atoms with E-state index >= 15 is 0 Å². The van der Waals surface area contributed by atoms with Crippen molar-refractivity contribution in [2.45, 2.75) is 6.42 Å². The summed E-state index contributed by atoms with van der Waals surface area (Å²) in [7, 11) is 3.18. The van der Waals surface area contributed by atoms with Crippen molar-refractivity contribution in [3.63, 3.8) is 0 Å². The highest BCUT2D eigenvalue weighted by atomic mass is 16.6. The number of nitro groups is 1. The first-order valence-corrected chi connectivity index (χ1v) is 10.2. The molecule has 0 saturated heterocycles. The molecule has 0 saturated carbocycles. The molecule has 0 radical (unpaired) electrons. The number of ether oxygens (including phenoxy) is 2. The number of non-ortho nitro benzene ring substituents is 1. The summed E-state index contributed by atoms with van der Waals surface area (Å²) in [4.78, 5) is 30.5. The second-order valence-corrected chi connectivity index (χ2v) is 7.33. The Morgan fingerprint density at radius 1 is 1.09 bits per heavy atom. The van der Waals surface area contributed by atoms with Crippen LogP contribution in [-0.4, -0.2) is 41.2 Å². The number of amides is 1. The number of methoxy groups -OCH3 is 2. The molecule has 1 heterocycles. The van der Waals surface area contributed by atoms with Gasteiger partial charge in [-0.2, -0.15) is 5.10 Å². The van der Waals surface area contributed by atoms with Crippen LogP contribution in [0.25, 0.3) is 11.0 Å². The summed E-state index contributed by atoms with van der Waals surface area (Å²) < 4.78 is 10.6. The molecule has 1 amide bonds. The van der Waals surface area contributed by atoms with E-state index in [0.717, 1.165) is 22.4 Å². The minimum absolute atomic E-state index is 0.0143. The molecule has 10 heteroatoms. The summed E-state index contributed by atoms with van der Waals surface area (Å²) in [6.45, 7) is 0. The number of fused-ring (bicyclic) bond motifs is 1. The number of benzene rings is 3. The Morgan fingerprint density at radius 2 is 1.85 bits per heavy atom. The van der Waals surface area contributed by atoms with E-state index in [0.29, 0.717) is 29.0 Å². The Balaban J connectivity index is 1.44. The molecule has 0 aliphatic rings. The number of rotatable bonds is 8. The van der Waals surface area contributed by atoms with E-state index in [2.05, 4.69) is 20.5 Å². The molecule has 0 aliphatic carbocycles. The first kappa shape index (κ1) is 22.5. The Labute approximate surface area is 194 Å². The van der Waals surface area contributed by atoms with Crippen molar-refractivity contribution in [3.8, 4) is 11.5 Å². The lowest BCUT2D eigenvalue weighted by atomic mass is 10.1. The molecule has 34 heavy (non-hydrogen) atoms. The molecule has 2 N–H and O–H groups in total. The van der Waals surface area contributed by atoms with Gasteiger partial charge in [-0.15, -0.1) is 0 Å². The van der Waals surface area contributed by atoms with Crippen LogP contribution < -0.4 is 14.9 Å². The molecule has 0 bridgehead atoms. The molecule has 1 aromatic heterocycles. The number of hydrazone groups is 1. The van der Waals surface area contributed by atoms with Crippen molar-refractivity contribution in [1.82, 2.24) is 15.4 Å². The minimum atomic E-state index is -0.479. The van der Waals surface area contributed by atoms with Gasteiger partial charge in [0.15, 0.2) is 11.5 Å². The maximum absolute atomic E-state index is 12.5. The van der Waals surface area contributed by atoms with Crippen molar-refractivity contribution in [2.24, 2.45) is 5.10 Å². The Bertz CT molecular complexity index is 1380. The van der Waals surface area contributed by atoms with Crippen LogP contribution in [0, 0.1) is 10.1 Å². The van der Waals surface area contributed by atoms with E-state index in [9.17, 15) is 14.9 Å². The van der Waals surface area contributed by atoms with Crippen molar-refractivity contribution < 1.29 is 19.2 Å². The molecule has 10 nitrogen and oxygen atoms in total. The van der Waals surface area contributed by atoms with Crippen LogP contribution in [0.4, 0.5) is 5.69 Å². The lowest BCUT2D eigenvalue weighted by Crippen LogP contribution is -2.17. The minimum Gasteiger partial charge on any atom is -0.493 e. The van der Waals surface area contributed by atoms with Gasteiger partial charge in [-0.3, -0.25) is 14.9 Å². The van der Waals surface area contributed by atoms with E-state index < -0.39 is 10.8 Å². The zero-order chi connectivity index (χ0) is 24.1. The molecule has 3 aromatic carbocycles. The summed E-state index contributed by atoms with van der Waals surface area (Å²) >= 11 is 0. The number of nitrogens with one attached hydrogen (secondary N) is 2. The highest BCUT2D eigenvalue weighted by Gasteiger charge is 2.11. The second kappa shape index (κ2) is 9.82. The van der Waals surface area contributed by atoms with Gasteiger partial charge in [-0.05, 0) is 53.6 Å². The van der Waals surface area contributed by atoms with E-state index in [1.807, 2.05) is 18.2 Å². The van der Waals surface area contributed by atoms with E-state index in [1.165, 1.54) is 18.3 Å². The average Bonchev–Trinajstić information content (AvgIpc) is 3.25. The number of hydrogen-bond acceptors (Lipinski definition) is 7. The van der Waals surface area contributed by atoms with E-state index in [1.54, 1.807) is 44.6 Å². The topological polar surface area (TPSA) is 132 Å². The third-order valence-electron chi connectivity index (χ3n) is 5.10. The van der Waals surface area contributed by atoms with Crippen molar-refractivity contribution in [3.05, 3.63) is 93.3 Å². The lowest BCUT2D eigenvalue weighted by molar-refractivity contribution is -0.384.